The molecule has 4 nitrogen and oxygen atoms in total. The van der Waals surface area contributed by atoms with E-state index in [1.165, 1.54) is 7.11 Å². The molecule has 0 saturated carbocycles. The van der Waals surface area contributed by atoms with E-state index in [4.69, 9.17) is 27.9 Å². The van der Waals surface area contributed by atoms with Crippen molar-refractivity contribution in [3.05, 3.63) is 33.8 Å². The number of hydrogen-bond acceptors (Lipinski definition) is 4. The summed E-state index contributed by atoms with van der Waals surface area (Å²) < 4.78 is 4.92. The van der Waals surface area contributed by atoms with E-state index in [1.54, 1.807) is 12.1 Å². The van der Waals surface area contributed by atoms with E-state index in [0.29, 0.717) is 16.5 Å². The van der Waals surface area contributed by atoms with Crippen molar-refractivity contribution < 1.29 is 14.6 Å². The first-order valence-corrected chi connectivity index (χ1v) is 7.48. The second-order valence-electron chi connectivity index (χ2n) is 5.63. The summed E-state index contributed by atoms with van der Waals surface area (Å²) in [6.45, 7) is 1.80. The van der Waals surface area contributed by atoms with E-state index in [-0.39, 0.29) is 24.5 Å². The van der Waals surface area contributed by atoms with Gasteiger partial charge in [-0.1, -0.05) is 29.3 Å². The number of aliphatic hydroxyl groups is 1. The number of ether oxygens (including phenoxy) is 1. The van der Waals surface area contributed by atoms with Crippen molar-refractivity contribution in [3.8, 4) is 0 Å². The van der Waals surface area contributed by atoms with E-state index in [1.807, 2.05) is 24.9 Å². The Kier molecular flexibility index (Phi) is 4.83. The van der Waals surface area contributed by atoms with Gasteiger partial charge in [0, 0.05) is 28.6 Å². The van der Waals surface area contributed by atoms with Crippen molar-refractivity contribution in [2.45, 2.75) is 24.9 Å². The smallest absolute Gasteiger partial charge is 0.326 e. The molecule has 3 unspecified atom stereocenters. The summed E-state index contributed by atoms with van der Waals surface area (Å²) in [5.41, 5.74) is 0.0747. The zero-order valence-corrected chi connectivity index (χ0v) is 13.8. The van der Waals surface area contributed by atoms with Crippen LogP contribution in [0.25, 0.3) is 0 Å². The minimum absolute atomic E-state index is 0.0272. The quantitative estimate of drug-likeness (QED) is 0.865. The van der Waals surface area contributed by atoms with E-state index in [2.05, 4.69) is 0 Å². The monoisotopic (exact) mass is 331 g/mol. The molecule has 0 spiro atoms. The van der Waals surface area contributed by atoms with Crippen molar-refractivity contribution in [3.63, 3.8) is 0 Å². The molecule has 0 amide bonds. The van der Waals surface area contributed by atoms with Gasteiger partial charge in [0.05, 0.1) is 7.11 Å². The molecule has 6 heteroatoms. The summed E-state index contributed by atoms with van der Waals surface area (Å²) in [6.07, 6.45) is 0.510. The number of aliphatic hydroxyl groups excluding tert-OH is 1. The van der Waals surface area contributed by atoms with Crippen LogP contribution in [0.5, 0.6) is 0 Å². The molecule has 1 heterocycles. The third-order valence-corrected chi connectivity index (χ3v) is 5.01. The van der Waals surface area contributed by atoms with E-state index < -0.39 is 5.54 Å². The van der Waals surface area contributed by atoms with Gasteiger partial charge in [-0.15, -0.1) is 0 Å². The fourth-order valence-corrected chi connectivity index (χ4v) is 3.73. The van der Waals surface area contributed by atoms with Crippen LogP contribution in [-0.2, 0) is 9.53 Å². The van der Waals surface area contributed by atoms with Crippen LogP contribution in [0.2, 0.25) is 10.0 Å². The molecule has 1 fully saturated rings. The summed E-state index contributed by atoms with van der Waals surface area (Å²) in [5, 5.41) is 10.8. The number of carbonyl (C=O) groups is 1. The van der Waals surface area contributed by atoms with Crippen LogP contribution < -0.4 is 0 Å². The Balaban J connectivity index is 2.44. The lowest BCUT2D eigenvalue weighted by molar-refractivity contribution is -0.152. The average molecular weight is 332 g/mol. The maximum atomic E-state index is 12.1. The number of rotatable bonds is 3. The lowest BCUT2D eigenvalue weighted by atomic mass is 9.91. The van der Waals surface area contributed by atoms with Gasteiger partial charge in [-0.05, 0) is 38.1 Å². The van der Waals surface area contributed by atoms with Crippen molar-refractivity contribution >= 4 is 29.2 Å². The molecule has 3 atom stereocenters. The zero-order chi connectivity index (χ0) is 15.8. The van der Waals surface area contributed by atoms with Gasteiger partial charge in [-0.2, -0.15) is 0 Å². The van der Waals surface area contributed by atoms with Gasteiger partial charge >= 0.3 is 5.97 Å². The first-order chi connectivity index (χ1) is 9.85. The van der Waals surface area contributed by atoms with E-state index in [9.17, 15) is 9.90 Å². The minimum atomic E-state index is -0.782. The van der Waals surface area contributed by atoms with Crippen molar-refractivity contribution in [2.75, 3.05) is 20.8 Å². The normalized spacial score (nSPS) is 29.6. The van der Waals surface area contributed by atoms with E-state index >= 15 is 0 Å². The van der Waals surface area contributed by atoms with Gasteiger partial charge < -0.3 is 9.84 Å². The number of methoxy groups -OCH3 is 1. The van der Waals surface area contributed by atoms with Crippen LogP contribution in [0.1, 0.15) is 24.9 Å². The van der Waals surface area contributed by atoms with Crippen molar-refractivity contribution in [2.24, 2.45) is 5.92 Å². The largest absolute Gasteiger partial charge is 0.468 e. The fourth-order valence-electron chi connectivity index (χ4n) is 3.20. The molecule has 1 aromatic rings. The predicted octanol–water partition coefficient (Wildman–Crippen LogP) is 2.91. The number of benzene rings is 1. The van der Waals surface area contributed by atoms with Crippen LogP contribution in [0.15, 0.2) is 18.2 Å². The summed E-state index contributed by atoms with van der Waals surface area (Å²) in [7, 11) is 3.22. The predicted molar refractivity (Wildman–Crippen MR) is 82.6 cm³/mol. The number of hydrogen-bond donors (Lipinski definition) is 1. The molecule has 1 aliphatic rings. The number of esters is 1. The van der Waals surface area contributed by atoms with Crippen LogP contribution >= 0.6 is 23.2 Å². The molecular weight excluding hydrogens is 313 g/mol. The van der Waals surface area contributed by atoms with Gasteiger partial charge in [0.25, 0.3) is 0 Å². The zero-order valence-electron chi connectivity index (χ0n) is 12.3. The van der Waals surface area contributed by atoms with Crippen LogP contribution in [-0.4, -0.2) is 42.3 Å². The first-order valence-electron chi connectivity index (χ1n) is 6.72. The Morgan fingerprint density at radius 1 is 1.52 bits per heavy atom. The van der Waals surface area contributed by atoms with Crippen molar-refractivity contribution in [1.29, 1.82) is 0 Å². The number of likely N-dealkylation sites (tertiary alicyclic amines) is 1. The highest BCUT2D eigenvalue weighted by Gasteiger charge is 2.52. The summed E-state index contributed by atoms with van der Waals surface area (Å²) >= 11 is 12.2. The molecule has 21 heavy (non-hydrogen) atoms. The van der Waals surface area contributed by atoms with Gasteiger partial charge in [-0.25, -0.2) is 0 Å². The van der Waals surface area contributed by atoms with Crippen LogP contribution in [0, 0.1) is 5.92 Å². The van der Waals surface area contributed by atoms with Gasteiger partial charge in [0.15, 0.2) is 0 Å². The molecule has 1 aromatic carbocycles. The lowest BCUT2D eigenvalue weighted by Crippen LogP contribution is -2.47. The molecule has 0 bridgehead atoms. The topological polar surface area (TPSA) is 49.8 Å². The summed E-state index contributed by atoms with van der Waals surface area (Å²) in [4.78, 5) is 14.0. The Hall–Kier alpha value is -0.810. The minimum Gasteiger partial charge on any atom is -0.468 e. The highest BCUT2D eigenvalue weighted by atomic mass is 35.5. The first kappa shape index (κ1) is 16.6. The Morgan fingerprint density at radius 3 is 2.71 bits per heavy atom. The van der Waals surface area contributed by atoms with Gasteiger partial charge in [-0.3, -0.25) is 9.69 Å². The highest BCUT2D eigenvalue weighted by molar-refractivity contribution is 6.35. The summed E-state index contributed by atoms with van der Waals surface area (Å²) in [6, 6.07) is 5.12. The molecule has 0 radical (unpaired) electrons. The standard InChI is InChI=1S/C15H19Cl2NO3/c1-15(14(20)21-3)7-9(8-19)13(18(15)2)11-5-4-10(16)6-12(11)17/h4-6,9,13,19H,7-8H2,1-3H3. The Bertz CT molecular complexity index is 552. The highest BCUT2D eigenvalue weighted by Crippen LogP contribution is 2.47. The summed E-state index contributed by atoms with van der Waals surface area (Å²) in [5.74, 6) is -0.409. The molecule has 2 rings (SSSR count). The molecule has 1 aliphatic heterocycles. The van der Waals surface area contributed by atoms with Crippen LogP contribution in [0.4, 0.5) is 0 Å². The van der Waals surface area contributed by atoms with Gasteiger partial charge in [0.2, 0.25) is 0 Å². The molecule has 1 N–H and O–H groups in total. The SMILES string of the molecule is COC(=O)C1(C)CC(CO)C(c2ccc(Cl)cc2Cl)N1C. The van der Waals surface area contributed by atoms with E-state index in [0.717, 1.165) is 5.56 Å². The molecule has 0 aromatic heterocycles. The number of nitrogens with zero attached hydrogens (tertiary/aromatic N) is 1. The number of likely N-dealkylation sites (N-methyl/N-ethyl adjacent to an activating group) is 1. The Labute approximate surface area is 134 Å². The third-order valence-electron chi connectivity index (χ3n) is 4.44. The number of halogens is 2. The van der Waals surface area contributed by atoms with Gasteiger partial charge in [0.1, 0.15) is 5.54 Å². The molecule has 1 saturated heterocycles. The number of carbonyl (C=O) groups excluding carboxylic acids is 1. The fraction of sp³-hybridized carbons (Fsp3) is 0.533. The second-order valence-corrected chi connectivity index (χ2v) is 6.48. The molecule has 0 aliphatic carbocycles. The lowest BCUT2D eigenvalue weighted by Gasteiger charge is -2.33. The second kappa shape index (κ2) is 6.13. The van der Waals surface area contributed by atoms with Crippen molar-refractivity contribution in [1.82, 2.24) is 4.90 Å². The Morgan fingerprint density at radius 2 is 2.19 bits per heavy atom. The van der Waals surface area contributed by atoms with Crippen LogP contribution in [0.3, 0.4) is 0 Å². The third kappa shape index (κ3) is 2.78. The average Bonchev–Trinajstić information content (AvgIpc) is 2.71. The molecule has 116 valence electrons. The maximum absolute atomic E-state index is 12.1. The molecular formula is C15H19Cl2NO3. The maximum Gasteiger partial charge on any atom is 0.326 e.